The fourth-order valence-corrected chi connectivity index (χ4v) is 1.64. The van der Waals surface area contributed by atoms with Gasteiger partial charge in [-0.2, -0.15) is 30.7 Å². The molecule has 10 heteroatoms. The van der Waals surface area contributed by atoms with Gasteiger partial charge in [0.25, 0.3) is 0 Å². The van der Waals surface area contributed by atoms with Gasteiger partial charge < -0.3 is 4.52 Å². The fourth-order valence-electron chi connectivity index (χ4n) is 1.51. The number of aromatic nitrogens is 1. The molecule has 0 aliphatic rings. The highest BCUT2D eigenvalue weighted by Crippen LogP contribution is 2.52. The van der Waals surface area contributed by atoms with Crippen LogP contribution in [0.4, 0.5) is 30.7 Å². The van der Waals surface area contributed by atoms with Crippen LogP contribution in [0.5, 0.6) is 0 Å². The summed E-state index contributed by atoms with van der Waals surface area (Å²) >= 11 is 5.60. The van der Waals surface area contributed by atoms with Gasteiger partial charge in [-0.25, -0.2) is 0 Å². The molecule has 0 unspecified atom stereocenters. The van der Waals surface area contributed by atoms with E-state index in [1.165, 1.54) is 24.3 Å². The fraction of sp³-hybridized carbons (Fsp3) is 0.250. The Morgan fingerprint density at radius 2 is 1.45 bits per heavy atom. The summed E-state index contributed by atoms with van der Waals surface area (Å²) in [6.45, 7) is 0. The van der Waals surface area contributed by atoms with Crippen LogP contribution in [0.3, 0.4) is 0 Å². The predicted molar refractivity (Wildman–Crippen MR) is 61.8 cm³/mol. The molecule has 1 aromatic heterocycles. The molecule has 0 spiro atoms. The Morgan fingerprint density at radius 3 is 1.95 bits per heavy atom. The number of alkyl halides is 7. The number of rotatable bonds is 3. The minimum atomic E-state index is -6.44. The second-order valence-corrected chi connectivity index (χ2v) is 4.67. The van der Waals surface area contributed by atoms with Crippen molar-refractivity contribution in [2.75, 3.05) is 0 Å². The lowest BCUT2D eigenvalue weighted by Gasteiger charge is -2.25. The lowest BCUT2D eigenvalue weighted by Crippen LogP contribution is -2.49. The highest BCUT2D eigenvalue weighted by Gasteiger charge is 2.75. The van der Waals surface area contributed by atoms with Gasteiger partial charge in [-0.05, 0) is 12.1 Å². The third-order valence-corrected chi connectivity index (χ3v) is 2.96. The van der Waals surface area contributed by atoms with E-state index in [1.54, 1.807) is 0 Å². The van der Waals surface area contributed by atoms with Crippen molar-refractivity contribution in [3.8, 4) is 11.3 Å². The molecule has 120 valence electrons. The minimum Gasteiger partial charge on any atom is -0.354 e. The molecule has 0 radical (unpaired) electrons. The van der Waals surface area contributed by atoms with Gasteiger partial charge in [-0.3, -0.25) is 0 Å². The van der Waals surface area contributed by atoms with Gasteiger partial charge in [0.1, 0.15) is 5.69 Å². The average molecular weight is 348 g/mol. The second kappa shape index (κ2) is 5.15. The topological polar surface area (TPSA) is 26.0 Å². The van der Waals surface area contributed by atoms with Crippen LogP contribution in [0.1, 0.15) is 5.76 Å². The quantitative estimate of drug-likeness (QED) is 0.706. The molecule has 0 N–H and O–H groups in total. The van der Waals surface area contributed by atoms with Gasteiger partial charge >= 0.3 is 18.0 Å². The van der Waals surface area contributed by atoms with E-state index in [0.29, 0.717) is 11.1 Å². The van der Waals surface area contributed by atoms with Crippen molar-refractivity contribution in [3.05, 3.63) is 41.1 Å². The Bertz CT molecular complexity index is 663. The van der Waals surface area contributed by atoms with Gasteiger partial charge in [0, 0.05) is 16.7 Å². The van der Waals surface area contributed by atoms with E-state index in [0.717, 1.165) is 0 Å². The third kappa shape index (κ3) is 2.65. The summed E-state index contributed by atoms with van der Waals surface area (Å²) in [4.78, 5) is 0. The molecular weight excluding hydrogens is 343 g/mol. The van der Waals surface area contributed by atoms with Gasteiger partial charge in [-0.1, -0.05) is 28.9 Å². The van der Waals surface area contributed by atoms with Crippen molar-refractivity contribution < 1.29 is 35.3 Å². The summed E-state index contributed by atoms with van der Waals surface area (Å²) in [5.41, 5.74) is -0.171. The van der Waals surface area contributed by atoms with Crippen LogP contribution in [0.2, 0.25) is 5.02 Å². The molecule has 0 bridgehead atoms. The highest BCUT2D eigenvalue weighted by atomic mass is 35.5. The maximum Gasteiger partial charge on any atom is 0.460 e. The highest BCUT2D eigenvalue weighted by molar-refractivity contribution is 6.30. The zero-order chi connectivity index (χ0) is 16.8. The van der Waals surface area contributed by atoms with E-state index in [9.17, 15) is 30.7 Å². The summed E-state index contributed by atoms with van der Waals surface area (Å²) in [6.07, 6.45) is -6.44. The zero-order valence-corrected chi connectivity index (χ0v) is 11.0. The lowest BCUT2D eigenvalue weighted by molar-refractivity contribution is -0.363. The van der Waals surface area contributed by atoms with Crippen molar-refractivity contribution in [2.24, 2.45) is 0 Å². The van der Waals surface area contributed by atoms with Crippen LogP contribution in [-0.2, 0) is 5.92 Å². The maximum absolute atomic E-state index is 13.4. The third-order valence-electron chi connectivity index (χ3n) is 2.71. The zero-order valence-electron chi connectivity index (χ0n) is 10.3. The van der Waals surface area contributed by atoms with E-state index in [4.69, 9.17) is 11.6 Å². The van der Waals surface area contributed by atoms with E-state index < -0.39 is 23.8 Å². The number of nitrogens with zero attached hydrogens (tertiary/aromatic N) is 1. The first-order chi connectivity index (χ1) is 9.97. The summed E-state index contributed by atoms with van der Waals surface area (Å²) in [7, 11) is 0. The monoisotopic (exact) mass is 347 g/mol. The first-order valence-corrected chi connectivity index (χ1v) is 5.90. The maximum atomic E-state index is 13.4. The molecule has 0 atom stereocenters. The van der Waals surface area contributed by atoms with Crippen molar-refractivity contribution in [3.63, 3.8) is 0 Å². The van der Waals surface area contributed by atoms with E-state index in [2.05, 4.69) is 9.68 Å². The summed E-state index contributed by atoms with van der Waals surface area (Å²) in [5.74, 6) is -13.8. The molecule has 2 nitrogen and oxygen atoms in total. The SMILES string of the molecule is FC(F)(F)C(F)(F)C(F)(F)c1cc(-c2ccc(Cl)cc2)no1. The van der Waals surface area contributed by atoms with Gasteiger partial charge in [0.2, 0.25) is 5.76 Å². The van der Waals surface area contributed by atoms with Crippen molar-refractivity contribution in [1.29, 1.82) is 0 Å². The Kier molecular flexibility index (Phi) is 3.88. The first kappa shape index (κ1) is 16.6. The molecule has 0 amide bonds. The Hall–Kier alpha value is -1.77. The molecule has 0 aliphatic carbocycles. The van der Waals surface area contributed by atoms with E-state index in [1.807, 2.05) is 0 Å². The number of hydrogen-bond acceptors (Lipinski definition) is 2. The molecule has 2 aromatic rings. The van der Waals surface area contributed by atoms with Crippen molar-refractivity contribution in [1.82, 2.24) is 5.16 Å². The molecule has 1 heterocycles. The molecular formula is C12H5ClF7NO. The smallest absolute Gasteiger partial charge is 0.354 e. The van der Waals surface area contributed by atoms with E-state index in [-0.39, 0.29) is 11.3 Å². The van der Waals surface area contributed by atoms with Gasteiger partial charge in [0.15, 0.2) is 0 Å². The molecule has 0 aliphatic heterocycles. The summed E-state index contributed by atoms with van der Waals surface area (Å²) in [5, 5.41) is 3.39. The second-order valence-electron chi connectivity index (χ2n) is 4.23. The summed E-state index contributed by atoms with van der Waals surface area (Å²) < 4.78 is 92.8. The average Bonchev–Trinajstić information content (AvgIpc) is 2.88. The Balaban J connectivity index is 2.40. The van der Waals surface area contributed by atoms with Crippen LogP contribution in [-0.4, -0.2) is 17.3 Å². The molecule has 0 saturated carbocycles. The minimum absolute atomic E-state index is 0.158. The van der Waals surface area contributed by atoms with Gasteiger partial charge in [-0.15, -0.1) is 0 Å². The van der Waals surface area contributed by atoms with Crippen molar-refractivity contribution >= 4 is 11.6 Å². The first-order valence-electron chi connectivity index (χ1n) is 5.52. The lowest BCUT2D eigenvalue weighted by atomic mass is 10.1. The van der Waals surface area contributed by atoms with Crippen LogP contribution in [0, 0.1) is 0 Å². The standard InChI is InChI=1S/C12H5ClF7NO/c13-7-3-1-6(2-4-7)8-5-9(22-21-8)10(14,15)11(16,17)12(18,19)20/h1-5H. The molecule has 1 aromatic carbocycles. The van der Waals surface area contributed by atoms with E-state index >= 15 is 0 Å². The number of benzene rings is 1. The van der Waals surface area contributed by atoms with Gasteiger partial charge in [0.05, 0.1) is 0 Å². The number of hydrogen-bond donors (Lipinski definition) is 0. The predicted octanol–water partition coefficient (Wildman–Crippen LogP) is 5.28. The normalized spacial score (nSPS) is 13.5. The van der Waals surface area contributed by atoms with Crippen LogP contribution < -0.4 is 0 Å². The molecule has 2 rings (SSSR count). The largest absolute Gasteiger partial charge is 0.460 e. The number of halogens is 8. The van der Waals surface area contributed by atoms with Crippen LogP contribution in [0.25, 0.3) is 11.3 Å². The Labute approximate surface area is 123 Å². The summed E-state index contributed by atoms with van der Waals surface area (Å²) in [6, 6.07) is 5.65. The molecule has 0 saturated heterocycles. The van der Waals surface area contributed by atoms with Crippen LogP contribution >= 0.6 is 11.6 Å². The molecule has 22 heavy (non-hydrogen) atoms. The van der Waals surface area contributed by atoms with Crippen LogP contribution in [0.15, 0.2) is 34.9 Å². The van der Waals surface area contributed by atoms with Crippen molar-refractivity contribution in [2.45, 2.75) is 18.0 Å². The Morgan fingerprint density at radius 1 is 0.909 bits per heavy atom. The molecule has 0 fully saturated rings.